The number of para-hydroxylation sites is 3. The first kappa shape index (κ1) is 118. The molecule has 20 aromatic rings. The Bertz CT molecular complexity index is 6950. The molecule has 20 rings (SSSR count). The molecule has 0 aliphatic carbocycles. The molecule has 752 valence electrons. The molecule has 0 saturated carbocycles. The van der Waals surface area contributed by atoms with Crippen LogP contribution in [0.15, 0.2) is 365 Å². The summed E-state index contributed by atoms with van der Waals surface area (Å²) in [6.07, 6.45) is 9.88. The van der Waals surface area contributed by atoms with E-state index in [1.165, 1.54) is 81.9 Å². The third kappa shape index (κ3) is 33.6. The molecule has 146 heavy (non-hydrogen) atoms. The molecule has 0 unspecified atom stereocenters. The predicted molar refractivity (Wildman–Crippen MR) is 611 cm³/mol. The van der Waals surface area contributed by atoms with Gasteiger partial charge in [0.15, 0.2) is 0 Å². The van der Waals surface area contributed by atoms with Crippen molar-refractivity contribution in [3.05, 3.63) is 458 Å². The Balaban J connectivity index is 0.000000185. The first-order valence-corrected chi connectivity index (χ1v) is 62.6. The van der Waals surface area contributed by atoms with E-state index >= 15 is 0 Å². The maximum Gasteiger partial charge on any atom is 0.116 e. The minimum Gasteiger partial charge on any atom is -0.305 e. The van der Waals surface area contributed by atoms with Gasteiger partial charge in [-0.3, -0.25) is 15.0 Å². The van der Waals surface area contributed by atoms with Crippen molar-refractivity contribution in [2.45, 2.75) is 166 Å². The van der Waals surface area contributed by atoms with Crippen molar-refractivity contribution in [3.8, 4) is 90.1 Å². The number of benzene rings is 12. The van der Waals surface area contributed by atoms with Gasteiger partial charge in [-0.2, -0.15) is 0 Å². The van der Waals surface area contributed by atoms with Crippen LogP contribution in [0.2, 0.25) is 78.6 Å². The molecule has 8 aromatic heterocycles. The van der Waals surface area contributed by atoms with Crippen LogP contribution in [0.4, 0.5) is 4.39 Å². The van der Waals surface area contributed by atoms with Crippen LogP contribution < -0.4 is 20.7 Å². The van der Waals surface area contributed by atoms with E-state index in [1.54, 1.807) is 6.20 Å². The Labute approximate surface area is 926 Å². The molecule has 0 amide bonds. The van der Waals surface area contributed by atoms with E-state index in [0.717, 1.165) is 112 Å². The summed E-state index contributed by atoms with van der Waals surface area (Å²) in [4.78, 5) is 36.8. The van der Waals surface area contributed by atoms with E-state index in [0.29, 0.717) is 5.69 Å². The van der Waals surface area contributed by atoms with Crippen molar-refractivity contribution in [1.82, 2.24) is 39.9 Å². The smallest absolute Gasteiger partial charge is 0.116 e. The average molecular weight is 2690 g/mol. The summed E-state index contributed by atoms with van der Waals surface area (Å²) < 4.78 is 14.1. The zero-order chi connectivity index (χ0) is 102. The SMILES string of the molecule is Cc1cc[c-]c(-c2cc(C(C)(C)C)c([Si](C)(C)C)cn2)c1.Cc1cc[c-]c(-c2cc(C(C)(C)C)c([Si](C)(C)C)cn2)c1.Cc1cc[c-]c(-c2cc(C)c([Si](C)(C)C)cn2)c1.Cc1cc[c-]c(-c2cc(F)c([Si](C)(C)C)cn2)c1.[Ir].[Ir].[Ir].[Ir].[c-]1ccccc1-c1cc2ccccc2cn1.[c-]1ccccc1-c1ccc2ccccc2n1.[c-]1ccccc1-c1ccc2ccccc2n1.[c-]1ccccc1-c1ccc2ccccc2n1. The fourth-order valence-corrected chi connectivity index (χ4v) is 22.6. The molecule has 0 aliphatic rings. The van der Waals surface area contributed by atoms with Crippen LogP contribution in [0.5, 0.6) is 0 Å². The third-order valence-electron chi connectivity index (χ3n) is 23.9. The molecule has 0 bridgehead atoms. The number of nitrogens with zero attached hydrogens (tertiary/aromatic N) is 8. The number of aromatic nitrogens is 8. The second-order valence-electron chi connectivity index (χ2n) is 42.0. The molecular weight excluding hydrogens is 2560 g/mol. The van der Waals surface area contributed by atoms with Gasteiger partial charge in [0.1, 0.15) is 5.82 Å². The molecule has 0 fully saturated rings. The molecule has 12 aromatic carbocycles. The Morgan fingerprint density at radius 1 is 0.219 bits per heavy atom. The Kier molecular flexibility index (Phi) is 43.4. The van der Waals surface area contributed by atoms with Crippen LogP contribution in [-0.4, -0.2) is 72.2 Å². The molecule has 0 N–H and O–H groups in total. The van der Waals surface area contributed by atoms with E-state index < -0.39 is 32.3 Å². The van der Waals surface area contributed by atoms with Crippen molar-refractivity contribution < 1.29 is 84.8 Å². The van der Waals surface area contributed by atoms with Crippen LogP contribution in [0.1, 0.15) is 80.5 Å². The van der Waals surface area contributed by atoms with Gasteiger partial charge in [0, 0.05) is 111 Å². The van der Waals surface area contributed by atoms with Gasteiger partial charge in [-0.1, -0.05) is 293 Å². The van der Waals surface area contributed by atoms with E-state index in [4.69, 9.17) is 9.97 Å². The summed E-state index contributed by atoms with van der Waals surface area (Å²) in [5.74, 6) is -0.144. The van der Waals surface area contributed by atoms with E-state index in [9.17, 15) is 4.39 Å². The molecule has 4 radical (unpaired) electrons. The quantitative estimate of drug-likeness (QED) is 0.0880. The normalized spacial score (nSPS) is 11.1. The van der Waals surface area contributed by atoms with Crippen molar-refractivity contribution in [2.75, 3.05) is 0 Å². The summed E-state index contributed by atoms with van der Waals surface area (Å²) >= 11 is 0. The van der Waals surface area contributed by atoms with Gasteiger partial charge in [0.05, 0.1) is 48.8 Å². The molecule has 0 saturated heterocycles. The standard InChI is InChI=1S/2C19H26NSi.C16H20NSi.C15H17FNSi.4C15H10N.4Ir/c2*1-14-9-8-10-15(11-14)17-12-16(19(2,3)4)18(13-20-17)21(5,6)7;1-12-7-6-8-14(9-12)15-10-13(2)16(11-17-15)18(3,4)5;1-11-6-5-7-12(8-11)14-9-13(16)15(10-17-14)18(2,3)4;1-2-6-12(7-3-1)15-10-13-8-4-5-9-14(13)11-16-15;3*1-2-6-12(7-3-1)15-11-10-13-8-4-5-9-14(13)16-15;;;;/h2*8-9,11-13H,1-7H3;6-7,9-11H,1-5H3;5-6,8-10H,1-4H3;4*1-6,8-11H;;;;/q8*-1;;;;. The first-order valence-electron chi connectivity index (χ1n) is 48.6. The Morgan fingerprint density at radius 3 is 0.760 bits per heavy atom. The molecular formula is C129H129FIr4N8Si4-8. The van der Waals surface area contributed by atoms with Gasteiger partial charge in [-0.25, -0.2) is 4.39 Å². The number of rotatable bonds is 12. The summed E-state index contributed by atoms with van der Waals surface area (Å²) in [7, 11) is -5.74. The average Bonchev–Trinajstić information content (AvgIpc) is 0.780. The van der Waals surface area contributed by atoms with Crippen molar-refractivity contribution in [3.63, 3.8) is 0 Å². The van der Waals surface area contributed by atoms with Crippen molar-refractivity contribution >= 4 is 96.5 Å². The third-order valence-corrected chi connectivity index (χ3v) is 32.1. The van der Waals surface area contributed by atoms with Gasteiger partial charge in [0.2, 0.25) is 0 Å². The van der Waals surface area contributed by atoms with Gasteiger partial charge >= 0.3 is 0 Å². The number of hydrogen-bond donors (Lipinski definition) is 0. The first-order chi connectivity index (χ1) is 67.7. The molecule has 8 nitrogen and oxygen atoms in total. The number of pyridine rings is 8. The molecule has 17 heteroatoms. The van der Waals surface area contributed by atoms with Crippen LogP contribution in [0.25, 0.3) is 134 Å². The number of aryl methyl sites for hydroxylation is 5. The van der Waals surface area contributed by atoms with Crippen LogP contribution >= 0.6 is 0 Å². The van der Waals surface area contributed by atoms with Crippen LogP contribution in [0.3, 0.4) is 0 Å². The van der Waals surface area contributed by atoms with Crippen molar-refractivity contribution in [2.24, 2.45) is 0 Å². The minimum absolute atomic E-state index is 0. The fourth-order valence-electron chi connectivity index (χ4n) is 16.3. The van der Waals surface area contributed by atoms with E-state index in [-0.39, 0.29) is 97.1 Å². The zero-order valence-electron chi connectivity index (χ0n) is 87.9. The van der Waals surface area contributed by atoms with Gasteiger partial charge < -0.3 is 24.9 Å². The van der Waals surface area contributed by atoms with E-state index in [1.807, 2.05) is 232 Å². The summed E-state index contributed by atoms with van der Waals surface area (Å²) in [6, 6.07) is 137. The largest absolute Gasteiger partial charge is 0.305 e. The Morgan fingerprint density at radius 2 is 0.473 bits per heavy atom. The second kappa shape index (κ2) is 53.8. The summed E-state index contributed by atoms with van der Waals surface area (Å²) in [5.41, 5.74) is 28.3. The van der Waals surface area contributed by atoms with Crippen molar-refractivity contribution in [1.29, 1.82) is 0 Å². The molecule has 8 heterocycles. The number of hydrogen-bond acceptors (Lipinski definition) is 8. The van der Waals surface area contributed by atoms with Crippen LogP contribution in [-0.2, 0) is 91.3 Å². The molecule has 0 aliphatic heterocycles. The summed E-state index contributed by atoms with van der Waals surface area (Å²) in [6.45, 7) is 52.0. The maximum atomic E-state index is 14.1. The predicted octanol–water partition coefficient (Wildman–Crippen LogP) is 31.5. The maximum absolute atomic E-state index is 14.1. The number of fused-ring (bicyclic) bond motifs is 4. The Hall–Kier alpha value is -11.7. The van der Waals surface area contributed by atoms with E-state index in [2.05, 4.69) is 354 Å². The molecule has 0 spiro atoms. The monoisotopic (exact) mass is 2690 g/mol. The topological polar surface area (TPSA) is 103 Å². The number of halogens is 1. The minimum atomic E-state index is -1.66. The van der Waals surface area contributed by atoms with Gasteiger partial charge in [0.25, 0.3) is 0 Å². The van der Waals surface area contributed by atoms with Gasteiger partial charge in [-0.15, -0.1) is 285 Å². The second-order valence-corrected chi connectivity index (χ2v) is 62.1. The fraction of sp³-hybridized carbons (Fsp3) is 0.194. The molecule has 0 atom stereocenters. The zero-order valence-corrected chi connectivity index (χ0v) is 102. The van der Waals surface area contributed by atoms with Crippen LogP contribution in [0, 0.1) is 89.0 Å². The van der Waals surface area contributed by atoms with Gasteiger partial charge in [-0.05, 0) is 146 Å². The summed E-state index contributed by atoms with van der Waals surface area (Å²) in [5, 5.41) is 11.0.